The van der Waals surface area contributed by atoms with Gasteiger partial charge in [0.15, 0.2) is 0 Å². The van der Waals surface area contributed by atoms with Crippen LogP contribution in [0.3, 0.4) is 0 Å². The topological polar surface area (TPSA) is 85.1 Å². The Bertz CT molecular complexity index is 702. The van der Waals surface area contributed by atoms with E-state index in [-0.39, 0.29) is 16.8 Å². The molecule has 1 heterocycles. The molecule has 2 aromatic rings. The van der Waals surface area contributed by atoms with Gasteiger partial charge in [0, 0.05) is 16.7 Å². The fourth-order valence-corrected chi connectivity index (χ4v) is 3.32. The number of nitrogen functional groups attached to an aromatic ring is 1. The largest absolute Gasteiger partial charge is 0.383 e. The van der Waals surface area contributed by atoms with Crippen molar-refractivity contribution >= 4 is 31.8 Å². The van der Waals surface area contributed by atoms with E-state index in [9.17, 15) is 8.42 Å². The van der Waals surface area contributed by atoms with Gasteiger partial charge < -0.3 is 5.73 Å². The van der Waals surface area contributed by atoms with Gasteiger partial charge in [-0.15, -0.1) is 0 Å². The van der Waals surface area contributed by atoms with Crippen LogP contribution in [0.5, 0.6) is 0 Å². The van der Waals surface area contributed by atoms with Gasteiger partial charge in [-0.2, -0.15) is 0 Å². The van der Waals surface area contributed by atoms with Crippen LogP contribution in [0, 0.1) is 0 Å². The lowest BCUT2D eigenvalue weighted by atomic mass is 10.1. The first-order chi connectivity index (χ1) is 9.40. The van der Waals surface area contributed by atoms with Crippen LogP contribution in [0.15, 0.2) is 52.0 Å². The second-order valence-corrected chi connectivity index (χ2v) is 6.88. The van der Waals surface area contributed by atoms with E-state index >= 15 is 0 Å². The highest BCUT2D eigenvalue weighted by Gasteiger charge is 2.21. The molecule has 20 heavy (non-hydrogen) atoms. The molecule has 5 nitrogen and oxygen atoms in total. The number of nitrogens with zero attached hydrogens (tertiary/aromatic N) is 1. The highest BCUT2D eigenvalue weighted by molar-refractivity contribution is 9.10. The van der Waals surface area contributed by atoms with Crippen LogP contribution in [0.2, 0.25) is 0 Å². The lowest BCUT2D eigenvalue weighted by Crippen LogP contribution is -2.27. The quantitative estimate of drug-likeness (QED) is 0.881. The van der Waals surface area contributed by atoms with Crippen LogP contribution in [0.1, 0.15) is 18.5 Å². The molecule has 2 rings (SSSR count). The Morgan fingerprint density at radius 3 is 2.50 bits per heavy atom. The maximum atomic E-state index is 12.3. The number of rotatable bonds is 4. The Morgan fingerprint density at radius 1 is 1.25 bits per heavy atom. The standard InChI is InChI=1S/C13H14BrN3O2S/c1-9(10-4-6-11(14)7-5-10)17-20(18,19)12-3-2-8-16-13(12)15/h2-9,17H,1H3,(H2,15,16)/t9-/m1/s1. The van der Waals surface area contributed by atoms with E-state index in [0.717, 1.165) is 10.0 Å². The van der Waals surface area contributed by atoms with Gasteiger partial charge in [-0.3, -0.25) is 0 Å². The molecule has 0 spiro atoms. The summed E-state index contributed by atoms with van der Waals surface area (Å²) < 4.78 is 28.1. The number of hydrogen-bond acceptors (Lipinski definition) is 4. The zero-order valence-corrected chi connectivity index (χ0v) is 13.1. The SMILES string of the molecule is C[C@@H](NS(=O)(=O)c1cccnc1N)c1ccc(Br)cc1. The van der Waals surface area contributed by atoms with Crippen molar-refractivity contribution in [1.82, 2.24) is 9.71 Å². The maximum absolute atomic E-state index is 12.3. The molecular formula is C13H14BrN3O2S. The van der Waals surface area contributed by atoms with E-state index in [1.807, 2.05) is 24.3 Å². The predicted molar refractivity (Wildman–Crippen MR) is 81.5 cm³/mol. The Hall–Kier alpha value is -1.44. The molecule has 0 aliphatic carbocycles. The van der Waals surface area contributed by atoms with Crippen molar-refractivity contribution in [2.45, 2.75) is 17.9 Å². The van der Waals surface area contributed by atoms with Gasteiger partial charge in [0.05, 0.1) is 0 Å². The third-order valence-corrected chi connectivity index (χ3v) is 4.91. The highest BCUT2D eigenvalue weighted by atomic mass is 79.9. The van der Waals surface area contributed by atoms with Crippen molar-refractivity contribution in [2.24, 2.45) is 0 Å². The number of halogens is 1. The minimum atomic E-state index is -3.70. The molecule has 0 amide bonds. The van der Waals surface area contributed by atoms with Crippen LogP contribution in [-0.4, -0.2) is 13.4 Å². The monoisotopic (exact) mass is 355 g/mol. The van der Waals surface area contributed by atoms with E-state index in [1.54, 1.807) is 6.92 Å². The van der Waals surface area contributed by atoms with E-state index in [1.165, 1.54) is 18.3 Å². The van der Waals surface area contributed by atoms with Crippen LogP contribution in [0.25, 0.3) is 0 Å². The van der Waals surface area contributed by atoms with Crippen LogP contribution in [0.4, 0.5) is 5.82 Å². The van der Waals surface area contributed by atoms with E-state index in [0.29, 0.717) is 0 Å². The summed E-state index contributed by atoms with van der Waals surface area (Å²) >= 11 is 3.34. The second-order valence-electron chi connectivity index (χ2n) is 4.28. The average molecular weight is 356 g/mol. The molecule has 1 aromatic carbocycles. The van der Waals surface area contributed by atoms with Gasteiger partial charge in [-0.05, 0) is 36.8 Å². The summed E-state index contributed by atoms with van der Waals surface area (Å²) in [7, 11) is -3.70. The zero-order chi connectivity index (χ0) is 14.8. The Morgan fingerprint density at radius 2 is 1.90 bits per heavy atom. The predicted octanol–water partition coefficient (Wildman–Crippen LogP) is 2.47. The van der Waals surface area contributed by atoms with Crippen molar-refractivity contribution in [3.05, 3.63) is 52.6 Å². The number of nitrogens with two attached hydrogens (primary N) is 1. The van der Waals surface area contributed by atoms with Gasteiger partial charge in [0.1, 0.15) is 10.7 Å². The van der Waals surface area contributed by atoms with E-state index < -0.39 is 10.0 Å². The van der Waals surface area contributed by atoms with Crippen molar-refractivity contribution in [3.8, 4) is 0 Å². The van der Waals surface area contributed by atoms with Gasteiger partial charge in [0.2, 0.25) is 10.0 Å². The lowest BCUT2D eigenvalue weighted by Gasteiger charge is -2.15. The Kier molecular flexibility index (Phi) is 4.42. The second kappa shape index (κ2) is 5.90. The summed E-state index contributed by atoms with van der Waals surface area (Å²) in [6.07, 6.45) is 1.45. The smallest absolute Gasteiger partial charge is 0.244 e. The summed E-state index contributed by atoms with van der Waals surface area (Å²) in [5.41, 5.74) is 6.46. The molecular weight excluding hydrogens is 342 g/mol. The molecule has 0 aliphatic heterocycles. The number of hydrogen-bond donors (Lipinski definition) is 2. The molecule has 0 bridgehead atoms. The first-order valence-corrected chi connectivity index (χ1v) is 8.16. The number of sulfonamides is 1. The van der Waals surface area contributed by atoms with Gasteiger partial charge in [0.25, 0.3) is 0 Å². The third kappa shape index (κ3) is 3.36. The third-order valence-electron chi connectivity index (χ3n) is 2.79. The normalized spacial score (nSPS) is 13.1. The summed E-state index contributed by atoms with van der Waals surface area (Å²) in [5.74, 6) is -0.0111. The summed E-state index contributed by atoms with van der Waals surface area (Å²) in [4.78, 5) is 3.78. The van der Waals surface area contributed by atoms with Crippen LogP contribution in [-0.2, 0) is 10.0 Å². The van der Waals surface area contributed by atoms with Crippen molar-refractivity contribution < 1.29 is 8.42 Å². The molecule has 1 atom stereocenters. The summed E-state index contributed by atoms with van der Waals surface area (Å²) in [5, 5.41) is 0. The Balaban J connectivity index is 2.24. The first-order valence-electron chi connectivity index (χ1n) is 5.88. The first kappa shape index (κ1) is 15.0. The van der Waals surface area contributed by atoms with E-state index in [4.69, 9.17) is 5.73 Å². The molecule has 3 N–H and O–H groups in total. The minimum Gasteiger partial charge on any atom is -0.383 e. The van der Waals surface area contributed by atoms with Crippen LogP contribution >= 0.6 is 15.9 Å². The van der Waals surface area contributed by atoms with Crippen molar-refractivity contribution in [3.63, 3.8) is 0 Å². The zero-order valence-electron chi connectivity index (χ0n) is 10.7. The van der Waals surface area contributed by atoms with Crippen LogP contribution < -0.4 is 10.5 Å². The van der Waals surface area contributed by atoms with Crippen molar-refractivity contribution in [1.29, 1.82) is 0 Å². The maximum Gasteiger partial charge on any atom is 0.244 e. The van der Waals surface area contributed by atoms with Gasteiger partial charge >= 0.3 is 0 Å². The number of nitrogens with one attached hydrogen (secondary N) is 1. The number of benzene rings is 1. The lowest BCUT2D eigenvalue weighted by molar-refractivity contribution is 0.567. The fourth-order valence-electron chi connectivity index (χ4n) is 1.75. The van der Waals surface area contributed by atoms with Gasteiger partial charge in [-0.25, -0.2) is 18.1 Å². The summed E-state index contributed by atoms with van der Waals surface area (Å²) in [6.45, 7) is 1.77. The molecule has 106 valence electrons. The molecule has 7 heteroatoms. The molecule has 0 unspecified atom stereocenters. The van der Waals surface area contributed by atoms with Gasteiger partial charge in [-0.1, -0.05) is 28.1 Å². The number of pyridine rings is 1. The average Bonchev–Trinajstić information content (AvgIpc) is 2.39. The fraction of sp³-hybridized carbons (Fsp3) is 0.154. The number of anilines is 1. The molecule has 0 aliphatic rings. The molecule has 0 radical (unpaired) electrons. The van der Waals surface area contributed by atoms with E-state index in [2.05, 4.69) is 25.6 Å². The molecule has 1 aromatic heterocycles. The Labute approximate surface area is 126 Å². The minimum absolute atomic E-state index is 0.0102. The molecule has 0 saturated carbocycles. The number of aromatic nitrogens is 1. The summed E-state index contributed by atoms with van der Waals surface area (Å²) in [6, 6.07) is 10.0. The van der Waals surface area contributed by atoms with Crippen molar-refractivity contribution in [2.75, 3.05) is 5.73 Å². The molecule has 0 fully saturated rings. The molecule has 0 saturated heterocycles. The highest BCUT2D eigenvalue weighted by Crippen LogP contribution is 2.21.